The maximum Gasteiger partial charge on any atom is 0.258 e. The summed E-state index contributed by atoms with van der Waals surface area (Å²) in [7, 11) is 0. The number of nitrogens with one attached hydrogen (secondary N) is 1. The standard InChI is InChI=1S/C17H22BrNO2/c1-11(14-9-12-6-7-13(14)8-12)19-17(20)10-21-16-5-3-2-4-15(16)18/h2-5,11-14H,6-10H2,1H3,(H,19,20). The molecule has 0 aromatic heterocycles. The van der Waals surface area contributed by atoms with Crippen LogP contribution >= 0.6 is 15.9 Å². The maximum atomic E-state index is 12.0. The van der Waals surface area contributed by atoms with E-state index >= 15 is 0 Å². The molecule has 2 fully saturated rings. The Morgan fingerprint density at radius 3 is 2.86 bits per heavy atom. The molecule has 4 atom stereocenters. The van der Waals surface area contributed by atoms with Gasteiger partial charge in [0.2, 0.25) is 0 Å². The van der Waals surface area contributed by atoms with Crippen LogP contribution < -0.4 is 10.1 Å². The fourth-order valence-corrected chi connectivity index (χ4v) is 4.41. The summed E-state index contributed by atoms with van der Waals surface area (Å²) in [6, 6.07) is 7.85. The summed E-state index contributed by atoms with van der Waals surface area (Å²) in [4.78, 5) is 12.0. The number of amides is 1. The topological polar surface area (TPSA) is 38.3 Å². The van der Waals surface area contributed by atoms with Crippen molar-refractivity contribution in [3.63, 3.8) is 0 Å². The second kappa shape index (κ2) is 6.39. The zero-order chi connectivity index (χ0) is 14.8. The first-order valence-electron chi connectivity index (χ1n) is 7.80. The Kier molecular flexibility index (Phi) is 4.53. The molecule has 4 heteroatoms. The summed E-state index contributed by atoms with van der Waals surface area (Å²) in [5.41, 5.74) is 0. The molecule has 21 heavy (non-hydrogen) atoms. The van der Waals surface area contributed by atoms with Crippen LogP contribution in [0, 0.1) is 17.8 Å². The number of carbonyl (C=O) groups is 1. The molecular weight excluding hydrogens is 330 g/mol. The van der Waals surface area contributed by atoms with Gasteiger partial charge in [-0.1, -0.05) is 18.6 Å². The molecule has 1 aromatic carbocycles. The minimum absolute atomic E-state index is 0.0268. The molecular formula is C17H22BrNO2. The summed E-state index contributed by atoms with van der Waals surface area (Å²) in [6.07, 6.45) is 5.41. The zero-order valence-electron chi connectivity index (χ0n) is 12.3. The highest BCUT2D eigenvalue weighted by molar-refractivity contribution is 9.10. The van der Waals surface area contributed by atoms with E-state index in [9.17, 15) is 4.79 Å². The van der Waals surface area contributed by atoms with Gasteiger partial charge in [0, 0.05) is 6.04 Å². The zero-order valence-corrected chi connectivity index (χ0v) is 13.9. The number of rotatable bonds is 5. The Hall–Kier alpha value is -1.03. The quantitative estimate of drug-likeness (QED) is 0.876. The molecule has 2 saturated carbocycles. The molecule has 2 aliphatic rings. The van der Waals surface area contributed by atoms with E-state index in [0.29, 0.717) is 11.7 Å². The van der Waals surface area contributed by atoms with E-state index in [-0.39, 0.29) is 18.6 Å². The monoisotopic (exact) mass is 351 g/mol. The third kappa shape index (κ3) is 3.42. The van der Waals surface area contributed by atoms with Gasteiger partial charge in [-0.2, -0.15) is 0 Å². The van der Waals surface area contributed by atoms with Crippen molar-refractivity contribution in [2.24, 2.45) is 17.8 Å². The van der Waals surface area contributed by atoms with Gasteiger partial charge in [-0.25, -0.2) is 0 Å². The van der Waals surface area contributed by atoms with E-state index in [4.69, 9.17) is 4.74 Å². The number of hydrogen-bond donors (Lipinski definition) is 1. The number of halogens is 1. The fraction of sp³-hybridized carbons (Fsp3) is 0.588. The molecule has 4 unspecified atom stereocenters. The van der Waals surface area contributed by atoms with Crippen molar-refractivity contribution in [1.29, 1.82) is 0 Å². The van der Waals surface area contributed by atoms with E-state index in [1.54, 1.807) is 0 Å². The smallest absolute Gasteiger partial charge is 0.258 e. The highest BCUT2D eigenvalue weighted by Crippen LogP contribution is 2.49. The Morgan fingerprint density at radius 2 is 2.19 bits per heavy atom. The minimum Gasteiger partial charge on any atom is -0.483 e. The van der Waals surface area contributed by atoms with Crippen molar-refractivity contribution >= 4 is 21.8 Å². The van der Waals surface area contributed by atoms with Crippen LogP contribution in [0.25, 0.3) is 0 Å². The highest BCUT2D eigenvalue weighted by Gasteiger charge is 2.42. The third-order valence-corrected chi connectivity index (χ3v) is 5.67. The number of para-hydroxylation sites is 1. The first kappa shape index (κ1) is 14.9. The SMILES string of the molecule is CC(NC(=O)COc1ccccc1Br)C1CC2CCC1C2. The number of fused-ring (bicyclic) bond motifs is 2. The van der Waals surface area contributed by atoms with Crippen LogP contribution in [-0.4, -0.2) is 18.6 Å². The Bertz CT molecular complexity index is 519. The second-order valence-electron chi connectivity index (χ2n) is 6.41. The Labute approximate surface area is 134 Å². The molecule has 3 nitrogen and oxygen atoms in total. The minimum atomic E-state index is -0.0268. The first-order chi connectivity index (χ1) is 10.1. The van der Waals surface area contributed by atoms with Crippen molar-refractivity contribution in [1.82, 2.24) is 5.32 Å². The molecule has 3 rings (SSSR count). The van der Waals surface area contributed by atoms with Gasteiger partial charge in [0.1, 0.15) is 5.75 Å². The van der Waals surface area contributed by atoms with E-state index in [1.807, 2.05) is 24.3 Å². The maximum absolute atomic E-state index is 12.0. The molecule has 0 aliphatic heterocycles. The lowest BCUT2D eigenvalue weighted by atomic mass is 9.84. The lowest BCUT2D eigenvalue weighted by Crippen LogP contribution is -2.42. The normalized spacial score (nSPS) is 28.4. The van der Waals surface area contributed by atoms with Gasteiger partial charge >= 0.3 is 0 Å². The number of hydrogen-bond acceptors (Lipinski definition) is 2. The Morgan fingerprint density at radius 1 is 1.38 bits per heavy atom. The fourth-order valence-electron chi connectivity index (χ4n) is 4.01. The van der Waals surface area contributed by atoms with Crippen LogP contribution in [0.15, 0.2) is 28.7 Å². The third-order valence-electron chi connectivity index (χ3n) is 5.02. The Balaban J connectivity index is 1.47. The van der Waals surface area contributed by atoms with Crippen molar-refractivity contribution in [3.8, 4) is 5.75 Å². The number of ether oxygens (including phenoxy) is 1. The summed E-state index contributed by atoms with van der Waals surface area (Å²) >= 11 is 3.42. The van der Waals surface area contributed by atoms with E-state index in [1.165, 1.54) is 25.7 Å². The van der Waals surface area contributed by atoms with E-state index in [2.05, 4.69) is 28.2 Å². The highest BCUT2D eigenvalue weighted by atomic mass is 79.9. The molecule has 0 radical (unpaired) electrons. The molecule has 2 bridgehead atoms. The van der Waals surface area contributed by atoms with Crippen molar-refractivity contribution in [2.75, 3.05) is 6.61 Å². The number of benzene rings is 1. The largest absolute Gasteiger partial charge is 0.483 e. The predicted molar refractivity (Wildman–Crippen MR) is 86.2 cm³/mol. The van der Waals surface area contributed by atoms with Crippen LogP contribution in [0.1, 0.15) is 32.6 Å². The average Bonchev–Trinajstić information content (AvgIpc) is 3.09. The van der Waals surface area contributed by atoms with Crippen LogP contribution in [0.3, 0.4) is 0 Å². The summed E-state index contributed by atoms with van der Waals surface area (Å²) < 4.78 is 6.44. The van der Waals surface area contributed by atoms with Gasteiger partial charge in [-0.3, -0.25) is 4.79 Å². The predicted octanol–water partition coefficient (Wildman–Crippen LogP) is 3.77. The van der Waals surface area contributed by atoms with Crippen molar-refractivity contribution in [3.05, 3.63) is 28.7 Å². The van der Waals surface area contributed by atoms with Crippen LogP contribution in [0.2, 0.25) is 0 Å². The molecule has 2 aliphatic carbocycles. The van der Waals surface area contributed by atoms with E-state index < -0.39 is 0 Å². The summed E-state index contributed by atoms with van der Waals surface area (Å²) in [6.45, 7) is 2.22. The van der Waals surface area contributed by atoms with Crippen LogP contribution in [0.5, 0.6) is 5.75 Å². The summed E-state index contributed by atoms with van der Waals surface area (Å²) in [5, 5.41) is 3.12. The lowest BCUT2D eigenvalue weighted by Gasteiger charge is -2.28. The molecule has 114 valence electrons. The van der Waals surface area contributed by atoms with Gasteiger partial charge < -0.3 is 10.1 Å². The molecule has 0 saturated heterocycles. The lowest BCUT2D eigenvalue weighted by molar-refractivity contribution is -0.124. The average molecular weight is 352 g/mol. The van der Waals surface area contributed by atoms with Gasteiger partial charge in [0.15, 0.2) is 6.61 Å². The van der Waals surface area contributed by atoms with Gasteiger partial charge in [0.05, 0.1) is 4.47 Å². The molecule has 0 spiro atoms. The van der Waals surface area contributed by atoms with Crippen LogP contribution in [0.4, 0.5) is 0 Å². The summed E-state index contributed by atoms with van der Waals surface area (Å²) in [5.74, 6) is 3.09. The molecule has 1 N–H and O–H groups in total. The molecule has 1 aromatic rings. The van der Waals surface area contributed by atoms with Crippen molar-refractivity contribution in [2.45, 2.75) is 38.6 Å². The van der Waals surface area contributed by atoms with Gasteiger partial charge in [0.25, 0.3) is 5.91 Å². The first-order valence-corrected chi connectivity index (χ1v) is 8.59. The molecule has 1 amide bonds. The second-order valence-corrected chi connectivity index (χ2v) is 7.27. The van der Waals surface area contributed by atoms with Crippen molar-refractivity contribution < 1.29 is 9.53 Å². The van der Waals surface area contributed by atoms with Gasteiger partial charge in [-0.05, 0) is 72.0 Å². The van der Waals surface area contributed by atoms with Crippen LogP contribution in [-0.2, 0) is 4.79 Å². The molecule has 0 heterocycles. The number of carbonyl (C=O) groups excluding carboxylic acids is 1. The van der Waals surface area contributed by atoms with E-state index in [0.717, 1.165) is 16.3 Å². The van der Waals surface area contributed by atoms with Gasteiger partial charge in [-0.15, -0.1) is 0 Å².